The summed E-state index contributed by atoms with van der Waals surface area (Å²) in [6, 6.07) is 5.76. The lowest BCUT2D eigenvalue weighted by atomic mass is 9.97. The van der Waals surface area contributed by atoms with Crippen LogP contribution in [0.25, 0.3) is 0 Å². The second kappa shape index (κ2) is 11.7. The van der Waals surface area contributed by atoms with E-state index in [9.17, 15) is 42.0 Å². The molecule has 1 aromatic carbocycles. The molecule has 1 saturated heterocycles. The first-order valence-corrected chi connectivity index (χ1v) is 13.9. The van der Waals surface area contributed by atoms with Gasteiger partial charge in [0.2, 0.25) is 23.3 Å². The van der Waals surface area contributed by atoms with Crippen molar-refractivity contribution < 1.29 is 41.5 Å². The normalized spacial score (nSPS) is 22.2. The molecule has 1 saturated carbocycles. The van der Waals surface area contributed by atoms with Crippen molar-refractivity contribution in [1.82, 2.24) is 20.1 Å². The van der Waals surface area contributed by atoms with Gasteiger partial charge in [-0.05, 0) is 42.2 Å². The second-order valence-corrected chi connectivity index (χ2v) is 11.2. The van der Waals surface area contributed by atoms with Crippen molar-refractivity contribution in [3.05, 3.63) is 54.0 Å². The number of pyridine rings is 1. The lowest BCUT2D eigenvalue weighted by Gasteiger charge is -2.35. The first kappa shape index (κ1) is 30.7. The minimum atomic E-state index is -5.29. The minimum absolute atomic E-state index is 0.0434. The summed E-state index contributed by atoms with van der Waals surface area (Å²) >= 11 is 0. The van der Waals surface area contributed by atoms with Gasteiger partial charge in [0, 0.05) is 26.1 Å². The van der Waals surface area contributed by atoms with E-state index >= 15 is 0 Å². The van der Waals surface area contributed by atoms with Crippen LogP contribution in [0.1, 0.15) is 31.2 Å². The Balaban J connectivity index is 1.41. The molecular weight excluding hydrogens is 588 g/mol. The molecule has 1 aromatic heterocycles. The van der Waals surface area contributed by atoms with Gasteiger partial charge in [0.15, 0.2) is 0 Å². The molecule has 11 nitrogen and oxygen atoms in total. The van der Waals surface area contributed by atoms with E-state index in [-0.39, 0.29) is 36.7 Å². The summed E-state index contributed by atoms with van der Waals surface area (Å²) in [7, 11) is 1.24. The van der Waals surface area contributed by atoms with Crippen LogP contribution in [0.2, 0.25) is 0 Å². The number of hydrogen-bond donors (Lipinski definition) is 2. The molecular formula is C29H28F4N6O5. The zero-order valence-electron chi connectivity index (χ0n) is 23.4. The van der Waals surface area contributed by atoms with Crippen molar-refractivity contribution in [3.63, 3.8) is 0 Å². The fourth-order valence-electron chi connectivity index (χ4n) is 5.47. The smallest absolute Gasteiger partial charge is 0.457 e. The third-order valence-electron chi connectivity index (χ3n) is 8.05. The van der Waals surface area contributed by atoms with E-state index in [0.29, 0.717) is 5.69 Å². The van der Waals surface area contributed by atoms with E-state index in [1.165, 1.54) is 25.4 Å². The van der Waals surface area contributed by atoms with E-state index < -0.39 is 65.8 Å². The predicted molar refractivity (Wildman–Crippen MR) is 144 cm³/mol. The maximum absolute atomic E-state index is 14.1. The van der Waals surface area contributed by atoms with Crippen LogP contribution < -0.4 is 15.4 Å². The monoisotopic (exact) mass is 616 g/mol. The molecule has 3 aliphatic rings. The van der Waals surface area contributed by atoms with Gasteiger partial charge in [-0.3, -0.25) is 19.2 Å². The van der Waals surface area contributed by atoms with Gasteiger partial charge >= 0.3 is 12.1 Å². The number of nitrogens with one attached hydrogen (secondary N) is 2. The van der Waals surface area contributed by atoms with Crippen LogP contribution in [0.4, 0.5) is 23.2 Å². The quantitative estimate of drug-likeness (QED) is 0.433. The van der Waals surface area contributed by atoms with Crippen molar-refractivity contribution in [3.8, 4) is 11.9 Å². The number of likely N-dealkylation sites (N-methyl/N-ethyl adjacent to an activating group) is 1. The summed E-state index contributed by atoms with van der Waals surface area (Å²) in [6.45, 7) is -0.334. The van der Waals surface area contributed by atoms with Crippen LogP contribution in [0.15, 0.2) is 42.6 Å². The van der Waals surface area contributed by atoms with E-state index in [4.69, 9.17) is 4.74 Å². The van der Waals surface area contributed by atoms with Crippen LogP contribution in [0, 0.1) is 23.1 Å². The van der Waals surface area contributed by atoms with Crippen LogP contribution in [-0.2, 0) is 25.6 Å². The molecule has 0 unspecified atom stereocenters. The van der Waals surface area contributed by atoms with Crippen molar-refractivity contribution >= 4 is 29.3 Å². The molecule has 3 heterocycles. The Kier molecular flexibility index (Phi) is 8.19. The van der Waals surface area contributed by atoms with Gasteiger partial charge < -0.3 is 25.2 Å². The molecule has 4 amide bonds. The lowest BCUT2D eigenvalue weighted by molar-refractivity contribution is -0.175. The first-order valence-electron chi connectivity index (χ1n) is 13.9. The number of nitriles is 1. The number of nitrogens with zero attached hydrogens (tertiary/aromatic N) is 4. The number of amides is 4. The fourth-order valence-corrected chi connectivity index (χ4v) is 5.47. The minimum Gasteiger partial charge on any atom is -0.457 e. The highest BCUT2D eigenvalue weighted by atomic mass is 19.4. The molecule has 44 heavy (non-hydrogen) atoms. The summed E-state index contributed by atoms with van der Waals surface area (Å²) in [5.41, 5.74) is -1.03. The Morgan fingerprint density at radius 1 is 1.25 bits per heavy atom. The molecule has 4 atom stereocenters. The molecule has 1 spiro atoms. The van der Waals surface area contributed by atoms with Crippen LogP contribution >= 0.6 is 0 Å². The molecule has 15 heteroatoms. The maximum atomic E-state index is 14.1. The number of likely N-dealkylation sites (tertiary alicyclic amines) is 1. The molecule has 5 rings (SSSR count). The molecule has 2 fully saturated rings. The summed E-state index contributed by atoms with van der Waals surface area (Å²) < 4.78 is 59.0. The largest absolute Gasteiger partial charge is 0.471 e. The number of carbonyl (C=O) groups is 4. The Labute approximate surface area is 249 Å². The van der Waals surface area contributed by atoms with Gasteiger partial charge in [0.1, 0.15) is 29.6 Å². The van der Waals surface area contributed by atoms with Crippen molar-refractivity contribution in [2.45, 2.75) is 62.0 Å². The number of benzene rings is 1. The van der Waals surface area contributed by atoms with Gasteiger partial charge in [0.25, 0.3) is 5.91 Å². The summed E-state index contributed by atoms with van der Waals surface area (Å²) in [5, 5.41) is 14.3. The summed E-state index contributed by atoms with van der Waals surface area (Å²) in [6.07, 6.45) is -2.76. The van der Waals surface area contributed by atoms with Gasteiger partial charge in [-0.25, -0.2) is 9.37 Å². The molecule has 2 aliphatic heterocycles. The highest BCUT2D eigenvalue weighted by molar-refractivity contribution is 6.02. The fraction of sp³-hybridized carbons (Fsp3) is 0.448. The Morgan fingerprint density at radius 2 is 1.95 bits per heavy atom. The van der Waals surface area contributed by atoms with Crippen LogP contribution in [-0.4, -0.2) is 81.9 Å². The average molecular weight is 617 g/mol. The standard InChI is InChI=1S/C29H28F4N6O5/c1-38(24(40)21(37-27(43)29(31,32)33)11-16-6-8-18(30)9-7-16)22(12-17-4-5-17)25(41)39-15-28(13-19(39)14-34)26(42)36-20-3-2-10-35-23(20)44-28/h2-3,6-10,17,19,21-22H,4-5,11-13,15H2,1H3,(H,36,42)(H,37,43)/t19-,21+,22-,28+/m0/s1. The Morgan fingerprint density at radius 3 is 2.59 bits per heavy atom. The number of aromatic nitrogens is 1. The molecule has 0 bridgehead atoms. The summed E-state index contributed by atoms with van der Waals surface area (Å²) in [4.78, 5) is 59.1. The first-order chi connectivity index (χ1) is 20.8. The number of rotatable bonds is 8. The summed E-state index contributed by atoms with van der Waals surface area (Å²) in [5.74, 6) is -5.05. The molecule has 1 aliphatic carbocycles. The zero-order valence-corrected chi connectivity index (χ0v) is 23.4. The number of halogens is 4. The third kappa shape index (κ3) is 6.29. The van der Waals surface area contributed by atoms with Gasteiger partial charge in [-0.2, -0.15) is 18.4 Å². The average Bonchev–Trinajstić information content (AvgIpc) is 3.74. The predicted octanol–water partition coefficient (Wildman–Crippen LogP) is 2.33. The molecule has 2 N–H and O–H groups in total. The maximum Gasteiger partial charge on any atom is 0.471 e. The van der Waals surface area contributed by atoms with E-state index in [1.54, 1.807) is 17.4 Å². The number of fused-ring (bicyclic) bond motifs is 1. The Bertz CT molecular complexity index is 1510. The number of carbonyl (C=O) groups excluding carboxylic acids is 4. The van der Waals surface area contributed by atoms with E-state index in [2.05, 4.69) is 10.3 Å². The van der Waals surface area contributed by atoms with Gasteiger partial charge in [-0.15, -0.1) is 0 Å². The molecule has 2 aromatic rings. The van der Waals surface area contributed by atoms with Gasteiger partial charge in [-0.1, -0.05) is 25.0 Å². The number of ether oxygens (including phenoxy) is 1. The number of alkyl halides is 3. The van der Waals surface area contributed by atoms with Gasteiger partial charge in [0.05, 0.1) is 12.6 Å². The Hall–Kier alpha value is -4.74. The number of hydrogen-bond acceptors (Lipinski definition) is 7. The van der Waals surface area contributed by atoms with Crippen LogP contribution in [0.3, 0.4) is 0 Å². The second-order valence-electron chi connectivity index (χ2n) is 11.2. The van der Waals surface area contributed by atoms with E-state index in [0.717, 1.165) is 34.8 Å². The van der Waals surface area contributed by atoms with Crippen molar-refractivity contribution in [1.29, 1.82) is 5.26 Å². The van der Waals surface area contributed by atoms with Crippen molar-refractivity contribution in [2.75, 3.05) is 18.9 Å². The molecule has 0 radical (unpaired) electrons. The highest BCUT2D eigenvalue weighted by Crippen LogP contribution is 2.40. The molecule has 232 valence electrons. The van der Waals surface area contributed by atoms with Crippen molar-refractivity contribution in [2.24, 2.45) is 5.92 Å². The van der Waals surface area contributed by atoms with Crippen LogP contribution in [0.5, 0.6) is 5.88 Å². The highest BCUT2D eigenvalue weighted by Gasteiger charge is 2.57. The zero-order chi connectivity index (χ0) is 31.8. The number of anilines is 1. The topological polar surface area (TPSA) is 145 Å². The lowest BCUT2D eigenvalue weighted by Crippen LogP contribution is -2.58. The van der Waals surface area contributed by atoms with E-state index in [1.807, 2.05) is 6.07 Å². The SMILES string of the molecule is CN(C(=O)[C@@H](Cc1ccc(F)cc1)NC(=O)C(F)(F)F)[C@@H](CC1CC1)C(=O)N1C[C@@]2(C[C@H]1C#N)Oc1ncccc1NC2=O. The third-order valence-corrected chi connectivity index (χ3v) is 8.05.